The van der Waals surface area contributed by atoms with Gasteiger partial charge in [0.25, 0.3) is 10.1 Å². The van der Waals surface area contributed by atoms with Crippen molar-refractivity contribution in [2.45, 2.75) is 103 Å². The van der Waals surface area contributed by atoms with E-state index in [1.807, 2.05) is 0 Å². The Balaban J connectivity index is 0. The summed E-state index contributed by atoms with van der Waals surface area (Å²) in [4.78, 5) is 3.92. The number of hydrogen-bond donors (Lipinski definition) is 1. The normalized spacial score (nSPS) is 12.2. The van der Waals surface area contributed by atoms with Crippen LogP contribution in [0, 0.1) is 0 Å². The van der Waals surface area contributed by atoms with Crippen LogP contribution in [0.5, 0.6) is 0 Å². The van der Waals surface area contributed by atoms with Crippen LogP contribution >= 0.6 is 0 Å². The zero-order chi connectivity index (χ0) is 18.8. The number of unbranched alkanes of at least 4 members (excludes halogenated alkanes) is 12. The molecule has 0 fully saturated rings. The van der Waals surface area contributed by atoms with Crippen LogP contribution < -0.4 is 34.7 Å². The van der Waals surface area contributed by atoms with Crippen molar-refractivity contribution < 1.29 is 47.6 Å². The van der Waals surface area contributed by atoms with E-state index in [4.69, 9.17) is 4.55 Å². The molecule has 0 aromatic heterocycles. The summed E-state index contributed by atoms with van der Waals surface area (Å²) in [7, 11) is -3.89. The molecule has 0 amide bonds. The summed E-state index contributed by atoms with van der Waals surface area (Å²) in [6.07, 6.45) is 16.6. The molecule has 0 bridgehead atoms. The SMILES string of the molecule is CCCCCCCCCCCCCCC([O-])=NCCCCS(=O)(=O)O.[Na+]. The second kappa shape index (κ2) is 20.1. The predicted molar refractivity (Wildman–Crippen MR) is 104 cm³/mol. The van der Waals surface area contributed by atoms with Gasteiger partial charge in [-0.3, -0.25) is 4.55 Å². The number of nitrogens with zero attached hydrogens (tertiary/aromatic N) is 1. The molecule has 0 aliphatic rings. The second-order valence-electron chi connectivity index (χ2n) is 6.91. The summed E-state index contributed by atoms with van der Waals surface area (Å²) in [6.45, 7) is 2.60. The van der Waals surface area contributed by atoms with Crippen molar-refractivity contribution in [3.8, 4) is 0 Å². The molecule has 0 atom stereocenters. The first-order valence-corrected chi connectivity index (χ1v) is 11.7. The Morgan fingerprint density at radius 1 is 0.808 bits per heavy atom. The first-order chi connectivity index (χ1) is 12.0. The third-order valence-electron chi connectivity index (χ3n) is 4.34. The third kappa shape index (κ3) is 24.4. The van der Waals surface area contributed by atoms with Gasteiger partial charge in [0.1, 0.15) is 0 Å². The molecular weight excluding hydrogens is 361 g/mol. The molecule has 0 radical (unpaired) electrons. The van der Waals surface area contributed by atoms with Gasteiger partial charge in [-0.05, 0) is 31.6 Å². The van der Waals surface area contributed by atoms with Crippen LogP contribution in [0.25, 0.3) is 0 Å². The van der Waals surface area contributed by atoms with E-state index in [1.54, 1.807) is 0 Å². The van der Waals surface area contributed by atoms with Gasteiger partial charge in [-0.2, -0.15) is 8.42 Å². The Hall–Kier alpha value is 0.380. The Labute approximate surface area is 183 Å². The van der Waals surface area contributed by atoms with E-state index in [9.17, 15) is 13.5 Å². The van der Waals surface area contributed by atoms with Gasteiger partial charge in [0.05, 0.1) is 5.75 Å². The van der Waals surface area contributed by atoms with Crippen LogP contribution in [0.4, 0.5) is 0 Å². The number of rotatable bonds is 18. The maximum atomic E-state index is 11.6. The summed E-state index contributed by atoms with van der Waals surface area (Å²) in [5, 5.41) is 11.6. The van der Waals surface area contributed by atoms with Crippen molar-refractivity contribution in [3.05, 3.63) is 0 Å². The van der Waals surface area contributed by atoms with Crippen molar-refractivity contribution in [2.24, 2.45) is 4.99 Å². The molecule has 0 heterocycles. The third-order valence-corrected chi connectivity index (χ3v) is 5.15. The zero-order valence-corrected chi connectivity index (χ0v) is 19.9. The number of hydrogen-bond acceptors (Lipinski definition) is 4. The van der Waals surface area contributed by atoms with Gasteiger partial charge in [-0.15, -0.1) is 0 Å². The summed E-state index contributed by atoms with van der Waals surface area (Å²) in [5.74, 6) is -0.339. The van der Waals surface area contributed by atoms with E-state index < -0.39 is 10.1 Å². The molecule has 0 aromatic carbocycles. The van der Waals surface area contributed by atoms with Crippen molar-refractivity contribution in [1.29, 1.82) is 0 Å². The molecule has 0 aromatic rings. The first-order valence-electron chi connectivity index (χ1n) is 10.1. The van der Waals surface area contributed by atoms with Crippen LogP contribution in [0.1, 0.15) is 103 Å². The van der Waals surface area contributed by atoms with Crippen molar-refractivity contribution in [1.82, 2.24) is 0 Å². The number of aliphatic imine (C=N–C) groups is 1. The summed E-state index contributed by atoms with van der Waals surface area (Å²) in [5.41, 5.74) is 0. The van der Waals surface area contributed by atoms with E-state index >= 15 is 0 Å². The van der Waals surface area contributed by atoms with Gasteiger partial charge in [-0.25, -0.2) is 0 Å². The second-order valence-corrected chi connectivity index (χ2v) is 8.48. The van der Waals surface area contributed by atoms with Crippen molar-refractivity contribution in [2.75, 3.05) is 12.3 Å². The average Bonchev–Trinajstić information content (AvgIpc) is 2.54. The molecule has 0 rings (SSSR count). The fraction of sp³-hybridized carbons (Fsp3) is 0.947. The monoisotopic (exact) mass is 399 g/mol. The van der Waals surface area contributed by atoms with Crippen LogP contribution in [0.3, 0.4) is 0 Å². The summed E-state index contributed by atoms with van der Waals surface area (Å²) in [6, 6.07) is 0. The van der Waals surface area contributed by atoms with E-state index in [0.717, 1.165) is 12.8 Å². The van der Waals surface area contributed by atoms with Crippen LogP contribution in [0.2, 0.25) is 0 Å². The van der Waals surface area contributed by atoms with Gasteiger partial charge in [0, 0.05) is 6.54 Å². The van der Waals surface area contributed by atoms with E-state index in [-0.39, 0.29) is 41.2 Å². The van der Waals surface area contributed by atoms with Gasteiger partial charge in [0.15, 0.2) is 0 Å². The Morgan fingerprint density at radius 2 is 1.27 bits per heavy atom. The first kappa shape index (κ1) is 28.6. The Kier molecular flexibility index (Phi) is 22.1. The van der Waals surface area contributed by atoms with Gasteiger partial charge in [0.2, 0.25) is 0 Å². The minimum absolute atomic E-state index is 0. The smallest absolute Gasteiger partial charge is 0.862 e. The predicted octanol–water partition coefficient (Wildman–Crippen LogP) is 1.51. The topological polar surface area (TPSA) is 89.8 Å². The molecule has 0 spiro atoms. The van der Waals surface area contributed by atoms with E-state index in [1.165, 1.54) is 64.2 Å². The fourth-order valence-corrected chi connectivity index (χ4v) is 3.37. The van der Waals surface area contributed by atoms with Crippen LogP contribution in [-0.4, -0.2) is 31.2 Å². The summed E-state index contributed by atoms with van der Waals surface area (Å²) < 4.78 is 29.6. The molecular formula is C19H38NNaO4S. The fourth-order valence-electron chi connectivity index (χ4n) is 2.80. The van der Waals surface area contributed by atoms with Gasteiger partial charge >= 0.3 is 29.6 Å². The molecule has 5 nitrogen and oxygen atoms in total. The minimum Gasteiger partial charge on any atom is -0.862 e. The molecule has 0 saturated carbocycles. The Morgan fingerprint density at radius 3 is 1.73 bits per heavy atom. The zero-order valence-electron chi connectivity index (χ0n) is 17.0. The largest absolute Gasteiger partial charge is 1.00 e. The van der Waals surface area contributed by atoms with E-state index in [2.05, 4.69) is 11.9 Å². The quantitative estimate of drug-likeness (QED) is 0.124. The van der Waals surface area contributed by atoms with Gasteiger partial charge < -0.3 is 10.1 Å². The molecule has 1 N–H and O–H groups in total. The molecule has 150 valence electrons. The maximum Gasteiger partial charge on any atom is 1.00 e. The maximum absolute atomic E-state index is 11.6. The van der Waals surface area contributed by atoms with Gasteiger partial charge in [-0.1, -0.05) is 77.6 Å². The summed E-state index contributed by atoms with van der Waals surface area (Å²) >= 11 is 0. The Bertz CT molecular complexity index is 427. The molecule has 0 aliphatic heterocycles. The average molecular weight is 400 g/mol. The molecule has 0 aliphatic carbocycles. The molecule has 0 saturated heterocycles. The molecule has 7 heteroatoms. The minimum atomic E-state index is -3.89. The van der Waals surface area contributed by atoms with Crippen molar-refractivity contribution >= 4 is 16.0 Å². The van der Waals surface area contributed by atoms with E-state index in [0.29, 0.717) is 25.8 Å². The van der Waals surface area contributed by atoms with Crippen molar-refractivity contribution in [3.63, 3.8) is 0 Å². The standard InChI is InChI=1S/C19H39NO4S.Na/c1-2-3-4-5-6-7-8-9-10-11-12-13-16-19(21)20-17-14-15-18-25(22,23)24;/h2-18H2,1H3,(H,20,21)(H,22,23,24);/q;+1/p-1. The van der Waals surface area contributed by atoms with Crippen LogP contribution in [-0.2, 0) is 10.1 Å². The van der Waals surface area contributed by atoms with Crippen LogP contribution in [0.15, 0.2) is 4.99 Å². The molecule has 26 heavy (non-hydrogen) atoms. The molecule has 0 unspecified atom stereocenters.